The van der Waals surface area contributed by atoms with Gasteiger partial charge in [-0.1, -0.05) is 30.3 Å². The molecule has 0 aliphatic carbocycles. The molecule has 0 unspecified atom stereocenters. The van der Waals surface area contributed by atoms with E-state index in [2.05, 4.69) is 0 Å². The van der Waals surface area contributed by atoms with Crippen LogP contribution in [0.1, 0.15) is 12.5 Å². The van der Waals surface area contributed by atoms with E-state index in [0.29, 0.717) is 16.7 Å². The van der Waals surface area contributed by atoms with Gasteiger partial charge in [-0.2, -0.15) is 0 Å². The van der Waals surface area contributed by atoms with E-state index < -0.39 is 17.5 Å². The van der Waals surface area contributed by atoms with E-state index in [-0.39, 0.29) is 5.70 Å². The van der Waals surface area contributed by atoms with Gasteiger partial charge >= 0.3 is 5.97 Å². The van der Waals surface area contributed by atoms with E-state index in [1.54, 1.807) is 24.3 Å². The number of carbonyl (C=O) groups is 1. The lowest BCUT2D eigenvalue weighted by molar-refractivity contribution is -0.422. The van der Waals surface area contributed by atoms with Gasteiger partial charge in [0.25, 0.3) is 0 Å². The average molecular weight is 287 g/mol. The Hall–Kier alpha value is -2.89. The lowest BCUT2D eigenvalue weighted by Gasteiger charge is -2.09. The van der Waals surface area contributed by atoms with Crippen molar-refractivity contribution in [3.8, 4) is 5.75 Å². The molecule has 2 rings (SSSR count). The molecule has 0 saturated carbocycles. The van der Waals surface area contributed by atoms with Gasteiger partial charge in [-0.25, -0.2) is 4.79 Å². The lowest BCUT2D eigenvalue weighted by atomic mass is 10.0. The van der Waals surface area contributed by atoms with Crippen LogP contribution in [0.25, 0.3) is 16.8 Å². The summed E-state index contributed by atoms with van der Waals surface area (Å²) >= 11 is 0. The highest BCUT2D eigenvalue weighted by Gasteiger charge is 2.09. The third-order valence-corrected chi connectivity index (χ3v) is 2.92. The van der Waals surface area contributed by atoms with Gasteiger partial charge in [0.15, 0.2) is 6.61 Å². The first-order valence-corrected chi connectivity index (χ1v) is 6.18. The molecule has 0 heterocycles. The molecular formula is C15H13NO5. The van der Waals surface area contributed by atoms with Crippen LogP contribution in [-0.4, -0.2) is 22.6 Å². The molecule has 2 aromatic rings. The molecule has 108 valence electrons. The Balaban J connectivity index is 2.52. The first-order chi connectivity index (χ1) is 9.99. The minimum Gasteiger partial charge on any atom is -0.481 e. The Morgan fingerprint density at radius 1 is 1.29 bits per heavy atom. The van der Waals surface area contributed by atoms with Gasteiger partial charge in [-0.15, -0.1) is 0 Å². The molecule has 0 atom stereocenters. The van der Waals surface area contributed by atoms with E-state index >= 15 is 0 Å². The number of rotatable bonds is 5. The summed E-state index contributed by atoms with van der Waals surface area (Å²) in [4.78, 5) is 20.9. The van der Waals surface area contributed by atoms with Crippen molar-refractivity contribution in [2.45, 2.75) is 6.92 Å². The first kappa shape index (κ1) is 14.5. The molecule has 0 bridgehead atoms. The normalized spacial score (nSPS) is 11.4. The third-order valence-electron chi connectivity index (χ3n) is 2.92. The summed E-state index contributed by atoms with van der Waals surface area (Å²) in [7, 11) is 0. The second-order valence-corrected chi connectivity index (χ2v) is 4.42. The molecule has 0 saturated heterocycles. The van der Waals surface area contributed by atoms with Crippen LogP contribution in [0.15, 0.2) is 42.1 Å². The fraction of sp³-hybridized carbons (Fsp3) is 0.133. The average Bonchev–Trinajstić information content (AvgIpc) is 2.46. The summed E-state index contributed by atoms with van der Waals surface area (Å²) in [6.45, 7) is 0.983. The molecule has 6 nitrogen and oxygen atoms in total. The Kier molecular flexibility index (Phi) is 4.18. The number of benzene rings is 2. The molecule has 0 spiro atoms. The summed E-state index contributed by atoms with van der Waals surface area (Å²) in [5.41, 5.74) is 0.710. The number of hydrogen-bond donors (Lipinski definition) is 1. The van der Waals surface area contributed by atoms with Crippen molar-refractivity contribution in [1.82, 2.24) is 0 Å². The number of hydrogen-bond acceptors (Lipinski definition) is 4. The highest BCUT2D eigenvalue weighted by atomic mass is 16.6. The molecule has 2 aromatic carbocycles. The van der Waals surface area contributed by atoms with Crippen molar-refractivity contribution in [3.63, 3.8) is 0 Å². The van der Waals surface area contributed by atoms with E-state index in [4.69, 9.17) is 9.84 Å². The number of ether oxygens (including phenoxy) is 1. The monoisotopic (exact) mass is 287 g/mol. The van der Waals surface area contributed by atoms with Crippen molar-refractivity contribution < 1.29 is 19.6 Å². The van der Waals surface area contributed by atoms with E-state index in [1.165, 1.54) is 13.0 Å². The quantitative estimate of drug-likeness (QED) is 0.674. The molecular weight excluding hydrogens is 274 g/mol. The van der Waals surface area contributed by atoms with Gasteiger partial charge in [0.1, 0.15) is 5.75 Å². The highest BCUT2D eigenvalue weighted by molar-refractivity contribution is 5.95. The van der Waals surface area contributed by atoms with Crippen molar-refractivity contribution in [3.05, 3.63) is 57.8 Å². The summed E-state index contributed by atoms with van der Waals surface area (Å²) in [5, 5.41) is 20.9. The van der Waals surface area contributed by atoms with Gasteiger partial charge in [-0.3, -0.25) is 10.1 Å². The Bertz CT molecular complexity index is 736. The maximum absolute atomic E-state index is 10.7. The van der Waals surface area contributed by atoms with Crippen molar-refractivity contribution >= 4 is 22.8 Å². The van der Waals surface area contributed by atoms with Crippen LogP contribution in [0.3, 0.4) is 0 Å². The molecule has 0 radical (unpaired) electrons. The van der Waals surface area contributed by atoms with Gasteiger partial charge in [0.2, 0.25) is 5.70 Å². The molecule has 6 heteroatoms. The minimum atomic E-state index is -1.06. The van der Waals surface area contributed by atoms with Crippen LogP contribution in [0.2, 0.25) is 0 Å². The van der Waals surface area contributed by atoms with Crippen LogP contribution < -0.4 is 4.74 Å². The minimum absolute atomic E-state index is 0.0272. The van der Waals surface area contributed by atoms with E-state index in [9.17, 15) is 14.9 Å². The fourth-order valence-corrected chi connectivity index (χ4v) is 1.96. The third kappa shape index (κ3) is 3.36. The number of nitro groups is 1. The topological polar surface area (TPSA) is 89.7 Å². The summed E-state index contributed by atoms with van der Waals surface area (Å²) in [6.07, 6.45) is 1.48. The number of nitrogens with zero attached hydrogens (tertiary/aromatic N) is 1. The van der Waals surface area contributed by atoms with Crippen molar-refractivity contribution in [2.75, 3.05) is 6.61 Å². The van der Waals surface area contributed by atoms with E-state index in [0.717, 1.165) is 5.39 Å². The zero-order valence-corrected chi connectivity index (χ0v) is 11.3. The molecule has 21 heavy (non-hydrogen) atoms. The predicted molar refractivity (Wildman–Crippen MR) is 77.7 cm³/mol. The molecule has 0 fully saturated rings. The maximum atomic E-state index is 10.7. The number of carboxylic acids is 1. The molecule has 0 aliphatic heterocycles. The lowest BCUT2D eigenvalue weighted by Crippen LogP contribution is -2.09. The Labute approximate surface area is 120 Å². The number of fused-ring (bicyclic) bond motifs is 1. The van der Waals surface area contributed by atoms with Gasteiger partial charge in [-0.05, 0) is 17.0 Å². The SMILES string of the molecule is C/C(=C\c1ccc(OCC(=O)O)c2ccccc12)[N+](=O)[O-]. The Morgan fingerprint density at radius 2 is 1.95 bits per heavy atom. The number of allylic oxidation sites excluding steroid dienone is 1. The Morgan fingerprint density at radius 3 is 2.57 bits per heavy atom. The zero-order valence-electron chi connectivity index (χ0n) is 11.3. The molecule has 1 N–H and O–H groups in total. The first-order valence-electron chi connectivity index (χ1n) is 6.18. The van der Waals surface area contributed by atoms with Crippen LogP contribution in [0.4, 0.5) is 0 Å². The van der Waals surface area contributed by atoms with Crippen molar-refractivity contribution in [1.29, 1.82) is 0 Å². The van der Waals surface area contributed by atoms with E-state index in [1.807, 2.05) is 12.1 Å². The number of carboxylic acid groups (broad SMARTS) is 1. The summed E-state index contributed by atoms with van der Waals surface area (Å²) in [5.74, 6) is -0.629. The fourth-order valence-electron chi connectivity index (χ4n) is 1.96. The smallest absolute Gasteiger partial charge is 0.341 e. The zero-order chi connectivity index (χ0) is 15.4. The molecule has 0 aromatic heterocycles. The highest BCUT2D eigenvalue weighted by Crippen LogP contribution is 2.29. The molecule has 0 amide bonds. The largest absolute Gasteiger partial charge is 0.481 e. The van der Waals surface area contributed by atoms with Gasteiger partial charge in [0, 0.05) is 18.4 Å². The standard InChI is InChI=1S/C15H13NO5/c1-10(16(19)20)8-11-6-7-14(21-9-15(17)18)13-5-3-2-4-12(11)13/h2-8H,9H2,1H3,(H,17,18)/b10-8+. The second-order valence-electron chi connectivity index (χ2n) is 4.42. The van der Waals surface area contributed by atoms with Gasteiger partial charge < -0.3 is 9.84 Å². The van der Waals surface area contributed by atoms with Crippen LogP contribution in [-0.2, 0) is 4.79 Å². The van der Waals surface area contributed by atoms with Crippen molar-refractivity contribution in [2.24, 2.45) is 0 Å². The van der Waals surface area contributed by atoms with Crippen LogP contribution >= 0.6 is 0 Å². The predicted octanol–water partition coefficient (Wildman–Crippen LogP) is 2.94. The van der Waals surface area contributed by atoms with Gasteiger partial charge in [0.05, 0.1) is 4.92 Å². The summed E-state index contributed by atoms with van der Waals surface area (Å²) < 4.78 is 5.23. The summed E-state index contributed by atoms with van der Waals surface area (Å²) in [6, 6.07) is 10.5. The van der Waals surface area contributed by atoms with Crippen LogP contribution in [0.5, 0.6) is 5.75 Å². The number of aliphatic carboxylic acids is 1. The van der Waals surface area contributed by atoms with Crippen LogP contribution in [0, 0.1) is 10.1 Å². The molecule has 0 aliphatic rings. The maximum Gasteiger partial charge on any atom is 0.341 e. The second kappa shape index (κ2) is 6.04.